The molecule has 0 radical (unpaired) electrons. The number of hydrogen-bond donors (Lipinski definition) is 2. The van der Waals surface area contributed by atoms with Crippen molar-refractivity contribution in [1.82, 2.24) is 5.43 Å². The van der Waals surface area contributed by atoms with Crippen molar-refractivity contribution < 1.29 is 19.6 Å². The first-order valence-electron chi connectivity index (χ1n) is 6.84. The van der Waals surface area contributed by atoms with Crippen molar-refractivity contribution in [3.8, 4) is 11.5 Å². The van der Waals surface area contributed by atoms with E-state index in [-0.39, 0.29) is 22.9 Å². The molecular weight excluding hydrogens is 453 g/mol. The lowest BCUT2D eigenvalue weighted by molar-refractivity contribution is -0.385. The molecule has 0 fully saturated rings. The lowest BCUT2D eigenvalue weighted by Crippen LogP contribution is -2.24. The number of hydrogen-bond acceptors (Lipinski definition) is 6. The zero-order chi connectivity index (χ0) is 19.3. The molecule has 26 heavy (non-hydrogen) atoms. The lowest BCUT2D eigenvalue weighted by Gasteiger charge is -2.07. The molecule has 0 spiro atoms. The van der Waals surface area contributed by atoms with E-state index in [0.717, 1.165) is 12.3 Å². The van der Waals surface area contributed by atoms with E-state index in [2.05, 4.69) is 26.5 Å². The molecule has 1 amide bonds. The van der Waals surface area contributed by atoms with Crippen molar-refractivity contribution in [3.63, 3.8) is 0 Å². The summed E-state index contributed by atoms with van der Waals surface area (Å²) in [4.78, 5) is 21.8. The van der Waals surface area contributed by atoms with Gasteiger partial charge in [0.1, 0.15) is 5.75 Å². The second kappa shape index (κ2) is 8.84. The molecule has 8 nitrogen and oxygen atoms in total. The van der Waals surface area contributed by atoms with Gasteiger partial charge in [-0.1, -0.05) is 39.1 Å². The van der Waals surface area contributed by atoms with E-state index < -0.39 is 22.3 Å². The number of ether oxygens (including phenoxy) is 1. The highest BCUT2D eigenvalue weighted by Gasteiger charge is 2.17. The summed E-state index contributed by atoms with van der Waals surface area (Å²) < 4.78 is 5.60. The number of rotatable bonds is 6. The fourth-order valence-corrected chi connectivity index (χ4v) is 2.71. The highest BCUT2D eigenvalue weighted by Crippen LogP contribution is 2.32. The molecule has 11 heteroatoms. The zero-order valence-corrected chi connectivity index (χ0v) is 15.9. The summed E-state index contributed by atoms with van der Waals surface area (Å²) in [5, 5.41) is 25.0. The third-order valence-electron chi connectivity index (χ3n) is 2.93. The van der Waals surface area contributed by atoms with Gasteiger partial charge >= 0.3 is 5.69 Å². The Morgan fingerprint density at radius 1 is 1.38 bits per heavy atom. The minimum absolute atomic E-state index is 0.0491. The summed E-state index contributed by atoms with van der Waals surface area (Å²) in [6, 6.07) is 7.09. The second-order valence-electron chi connectivity index (χ2n) is 4.78. The Labute approximate surface area is 165 Å². The number of aromatic hydroxyl groups is 1. The fourth-order valence-electron chi connectivity index (χ4n) is 1.78. The maximum atomic E-state index is 11.7. The smallest absolute Gasteiger partial charge is 0.312 e. The minimum Gasteiger partial charge on any atom is -0.502 e. The highest BCUT2D eigenvalue weighted by molar-refractivity contribution is 9.10. The maximum Gasteiger partial charge on any atom is 0.312 e. The molecular formula is C15H10BrCl2N3O5. The topological polar surface area (TPSA) is 114 Å². The Hall–Kier alpha value is -2.36. The number of hydrazone groups is 1. The van der Waals surface area contributed by atoms with Crippen LogP contribution in [0.4, 0.5) is 5.69 Å². The first-order chi connectivity index (χ1) is 12.3. The van der Waals surface area contributed by atoms with Crippen LogP contribution in [0.2, 0.25) is 10.0 Å². The number of nitrogens with one attached hydrogen (secondary N) is 1. The van der Waals surface area contributed by atoms with Gasteiger partial charge in [0.15, 0.2) is 6.61 Å². The van der Waals surface area contributed by atoms with Crippen molar-refractivity contribution >= 4 is 56.9 Å². The number of carbonyl (C=O) groups excluding carboxylic acids is 1. The molecule has 0 atom stereocenters. The molecule has 0 heterocycles. The predicted molar refractivity (Wildman–Crippen MR) is 100 cm³/mol. The standard InChI is InChI=1S/C15H10BrCl2N3O5/c16-9-3-8(15(23)12(4-9)21(24)25)6-19-20-14(22)7-26-13-2-1-10(17)5-11(13)18/h1-6,23H,7H2,(H,20,22)/b19-6+. The van der Waals surface area contributed by atoms with Crippen molar-refractivity contribution in [2.45, 2.75) is 0 Å². The van der Waals surface area contributed by atoms with Gasteiger partial charge in [-0.15, -0.1) is 0 Å². The quantitative estimate of drug-likeness (QED) is 0.384. The summed E-state index contributed by atoms with van der Waals surface area (Å²) in [6.45, 7) is -0.372. The molecule has 2 rings (SSSR count). The van der Waals surface area contributed by atoms with Crippen LogP contribution in [0.15, 0.2) is 39.9 Å². The average molecular weight is 463 g/mol. The number of nitro groups is 1. The number of nitro benzene ring substituents is 1. The van der Waals surface area contributed by atoms with E-state index in [4.69, 9.17) is 27.9 Å². The van der Waals surface area contributed by atoms with Crippen LogP contribution < -0.4 is 10.2 Å². The molecule has 2 aromatic rings. The third kappa shape index (κ3) is 5.32. The SMILES string of the molecule is O=C(COc1ccc(Cl)cc1Cl)N/N=C/c1cc(Br)cc([N+](=O)[O-])c1O. The Bertz CT molecular complexity index is 892. The van der Waals surface area contributed by atoms with Crippen molar-refractivity contribution in [2.24, 2.45) is 5.10 Å². The van der Waals surface area contributed by atoms with Gasteiger partial charge in [-0.05, 0) is 24.3 Å². The first kappa shape index (κ1) is 20.0. The number of phenolic OH excluding ortho intramolecular Hbond substituents is 1. The van der Waals surface area contributed by atoms with E-state index in [0.29, 0.717) is 9.50 Å². The largest absolute Gasteiger partial charge is 0.502 e. The van der Waals surface area contributed by atoms with Crippen LogP contribution in [0.25, 0.3) is 0 Å². The number of benzene rings is 2. The van der Waals surface area contributed by atoms with E-state index >= 15 is 0 Å². The molecule has 0 aromatic heterocycles. The van der Waals surface area contributed by atoms with Crippen molar-refractivity contribution in [3.05, 3.63) is 60.5 Å². The number of halogens is 3. The highest BCUT2D eigenvalue weighted by atomic mass is 79.9. The molecule has 0 saturated heterocycles. The van der Waals surface area contributed by atoms with Gasteiger partial charge in [0.2, 0.25) is 5.75 Å². The van der Waals surface area contributed by atoms with Crippen LogP contribution in [0.1, 0.15) is 5.56 Å². The predicted octanol–water partition coefficient (Wildman–Crippen LogP) is 3.90. The van der Waals surface area contributed by atoms with Gasteiger partial charge < -0.3 is 9.84 Å². The summed E-state index contributed by atoms with van der Waals surface area (Å²) in [7, 11) is 0. The molecule has 0 aliphatic carbocycles. The third-order valence-corrected chi connectivity index (χ3v) is 3.91. The summed E-state index contributed by atoms with van der Waals surface area (Å²) >= 11 is 14.8. The van der Waals surface area contributed by atoms with Gasteiger partial charge in [0.05, 0.1) is 16.2 Å². The molecule has 0 saturated carbocycles. The van der Waals surface area contributed by atoms with Crippen LogP contribution in [-0.4, -0.2) is 28.8 Å². The van der Waals surface area contributed by atoms with Crippen molar-refractivity contribution in [1.29, 1.82) is 0 Å². The molecule has 2 N–H and O–H groups in total. The number of phenols is 1. The van der Waals surface area contributed by atoms with E-state index in [9.17, 15) is 20.0 Å². The Morgan fingerprint density at radius 3 is 2.77 bits per heavy atom. The maximum absolute atomic E-state index is 11.7. The molecule has 136 valence electrons. The average Bonchev–Trinajstić information content (AvgIpc) is 2.56. The Morgan fingerprint density at radius 2 is 2.12 bits per heavy atom. The first-order valence-corrected chi connectivity index (χ1v) is 8.39. The van der Waals surface area contributed by atoms with Crippen molar-refractivity contribution in [2.75, 3.05) is 6.61 Å². The molecule has 0 bridgehead atoms. The fraction of sp³-hybridized carbons (Fsp3) is 0.0667. The van der Waals surface area contributed by atoms with Crippen LogP contribution in [0, 0.1) is 10.1 Å². The van der Waals surface area contributed by atoms with E-state index in [1.165, 1.54) is 18.2 Å². The Balaban J connectivity index is 1.98. The molecule has 2 aromatic carbocycles. The summed E-state index contributed by atoms with van der Waals surface area (Å²) in [5.74, 6) is -0.896. The van der Waals surface area contributed by atoms with Gasteiger partial charge in [0, 0.05) is 21.1 Å². The van der Waals surface area contributed by atoms with Crippen LogP contribution in [0.3, 0.4) is 0 Å². The molecule has 0 aliphatic heterocycles. The Kier molecular flexibility index (Phi) is 6.78. The van der Waals surface area contributed by atoms with Gasteiger partial charge in [-0.2, -0.15) is 5.10 Å². The minimum atomic E-state index is -0.736. The lowest BCUT2D eigenvalue weighted by atomic mass is 10.2. The van der Waals surface area contributed by atoms with Crippen LogP contribution in [0.5, 0.6) is 11.5 Å². The second-order valence-corrected chi connectivity index (χ2v) is 6.54. The van der Waals surface area contributed by atoms with E-state index in [1.54, 1.807) is 6.07 Å². The van der Waals surface area contributed by atoms with Gasteiger partial charge in [-0.25, -0.2) is 5.43 Å². The van der Waals surface area contributed by atoms with Gasteiger partial charge in [-0.3, -0.25) is 14.9 Å². The summed E-state index contributed by atoms with van der Waals surface area (Å²) in [5.41, 5.74) is 1.72. The van der Waals surface area contributed by atoms with Crippen LogP contribution in [-0.2, 0) is 4.79 Å². The van der Waals surface area contributed by atoms with E-state index in [1.807, 2.05) is 0 Å². The zero-order valence-electron chi connectivity index (χ0n) is 12.8. The monoisotopic (exact) mass is 461 g/mol. The number of carbonyl (C=O) groups is 1. The number of nitrogens with zero attached hydrogens (tertiary/aromatic N) is 2. The molecule has 0 aliphatic rings. The summed E-state index contributed by atoms with van der Waals surface area (Å²) in [6.07, 6.45) is 1.07. The number of amides is 1. The normalized spacial score (nSPS) is 10.7. The van der Waals surface area contributed by atoms with Crippen LogP contribution >= 0.6 is 39.1 Å². The molecule has 0 unspecified atom stereocenters. The van der Waals surface area contributed by atoms with Gasteiger partial charge in [0.25, 0.3) is 5.91 Å².